The number of benzene rings is 1. The van der Waals surface area contributed by atoms with E-state index in [0.29, 0.717) is 18.8 Å². The Kier molecular flexibility index (Phi) is 5.28. The van der Waals surface area contributed by atoms with E-state index in [0.717, 1.165) is 17.5 Å². The van der Waals surface area contributed by atoms with Gasteiger partial charge >= 0.3 is 0 Å². The average molecular weight is 378 g/mol. The van der Waals surface area contributed by atoms with Gasteiger partial charge in [-0.1, -0.05) is 17.7 Å². The average Bonchev–Trinajstić information content (AvgIpc) is 3.06. The lowest BCUT2D eigenvalue weighted by Gasteiger charge is -2.33. The molecular weight excluding hydrogens is 356 g/mol. The number of aryl methyl sites for hydroxylation is 1. The molecule has 0 spiro atoms. The molecule has 1 amide bonds. The summed E-state index contributed by atoms with van der Waals surface area (Å²) in [6.45, 7) is 2.88. The zero-order chi connectivity index (χ0) is 18.7. The monoisotopic (exact) mass is 378 g/mol. The van der Waals surface area contributed by atoms with Gasteiger partial charge in [0.15, 0.2) is 6.61 Å². The summed E-state index contributed by atoms with van der Waals surface area (Å²) in [6.07, 6.45) is 2.76. The summed E-state index contributed by atoms with van der Waals surface area (Å²) in [4.78, 5) is 14.2. The van der Waals surface area contributed by atoms with Gasteiger partial charge < -0.3 is 9.64 Å². The number of nitrogens with one attached hydrogen (secondary N) is 1. The fourth-order valence-corrected chi connectivity index (χ4v) is 3.34. The molecule has 0 saturated heterocycles. The van der Waals surface area contributed by atoms with Gasteiger partial charge in [-0.3, -0.25) is 9.48 Å². The summed E-state index contributed by atoms with van der Waals surface area (Å²) in [5.41, 5.74) is 1.98. The number of fused-ring (bicyclic) bond motifs is 1. The molecule has 0 saturated carbocycles. The molecule has 1 aliphatic heterocycles. The normalized spacial score (nSPS) is 17.0. The van der Waals surface area contributed by atoms with Crippen LogP contribution in [-0.4, -0.2) is 55.0 Å². The Morgan fingerprint density at radius 3 is 2.73 bits per heavy atom. The van der Waals surface area contributed by atoms with Crippen molar-refractivity contribution in [3.8, 4) is 5.75 Å². The van der Waals surface area contributed by atoms with E-state index in [4.69, 9.17) is 4.74 Å². The third-order valence-electron chi connectivity index (χ3n) is 4.20. The van der Waals surface area contributed by atoms with Gasteiger partial charge in [-0.2, -0.15) is 5.10 Å². The molecule has 0 unspecified atom stereocenters. The van der Waals surface area contributed by atoms with Gasteiger partial charge in [0.2, 0.25) is 10.0 Å². The Balaban J connectivity index is 1.64. The van der Waals surface area contributed by atoms with Crippen LogP contribution in [0.5, 0.6) is 5.75 Å². The number of carbonyl (C=O) groups excluding carboxylic acids is 1. The Labute approximate surface area is 152 Å². The van der Waals surface area contributed by atoms with Crippen LogP contribution in [0.25, 0.3) is 0 Å². The topological polar surface area (TPSA) is 93.5 Å². The van der Waals surface area contributed by atoms with Crippen molar-refractivity contribution in [2.24, 2.45) is 0 Å². The van der Waals surface area contributed by atoms with E-state index in [1.54, 1.807) is 15.8 Å². The molecule has 1 N–H and O–H groups in total. The van der Waals surface area contributed by atoms with Crippen molar-refractivity contribution >= 4 is 15.9 Å². The fourth-order valence-electron chi connectivity index (χ4n) is 2.85. The molecule has 0 radical (unpaired) electrons. The first-order valence-corrected chi connectivity index (χ1v) is 10.2. The summed E-state index contributed by atoms with van der Waals surface area (Å²) in [7, 11) is -3.32. The second kappa shape index (κ2) is 7.46. The minimum absolute atomic E-state index is 0.0660. The number of carbonyl (C=O) groups is 1. The second-order valence-corrected chi connectivity index (χ2v) is 8.25. The predicted octanol–water partition coefficient (Wildman–Crippen LogP) is 0.703. The van der Waals surface area contributed by atoms with Crippen LogP contribution >= 0.6 is 0 Å². The van der Waals surface area contributed by atoms with Crippen molar-refractivity contribution in [2.75, 3.05) is 26.0 Å². The van der Waals surface area contributed by atoms with Crippen molar-refractivity contribution < 1.29 is 17.9 Å². The minimum atomic E-state index is -3.32. The number of amides is 1. The highest BCUT2D eigenvalue weighted by molar-refractivity contribution is 7.88. The zero-order valence-electron chi connectivity index (χ0n) is 14.8. The van der Waals surface area contributed by atoms with E-state index in [-0.39, 0.29) is 25.1 Å². The van der Waals surface area contributed by atoms with E-state index in [2.05, 4.69) is 9.82 Å². The van der Waals surface area contributed by atoms with Gasteiger partial charge in [0.25, 0.3) is 5.91 Å². The van der Waals surface area contributed by atoms with Crippen LogP contribution in [-0.2, 0) is 21.4 Å². The first-order chi connectivity index (χ1) is 12.3. The zero-order valence-corrected chi connectivity index (χ0v) is 15.6. The lowest BCUT2D eigenvalue weighted by Crippen LogP contribution is -2.46. The molecule has 0 aliphatic carbocycles. The van der Waals surface area contributed by atoms with Gasteiger partial charge in [0.1, 0.15) is 5.75 Å². The Hall–Kier alpha value is -2.39. The first-order valence-electron chi connectivity index (χ1n) is 8.26. The molecule has 1 aromatic heterocycles. The van der Waals surface area contributed by atoms with Crippen LogP contribution in [0.1, 0.15) is 17.3 Å². The molecule has 140 valence electrons. The molecule has 8 nitrogen and oxygen atoms in total. The van der Waals surface area contributed by atoms with Crippen LogP contribution < -0.4 is 9.46 Å². The van der Waals surface area contributed by atoms with E-state index in [9.17, 15) is 13.2 Å². The maximum atomic E-state index is 12.5. The van der Waals surface area contributed by atoms with Crippen LogP contribution in [0.3, 0.4) is 0 Å². The Bertz CT molecular complexity index is 876. The lowest BCUT2D eigenvalue weighted by atomic mass is 10.2. The molecule has 0 fully saturated rings. The van der Waals surface area contributed by atoms with Crippen molar-refractivity contribution in [3.63, 3.8) is 0 Å². The summed E-state index contributed by atoms with van der Waals surface area (Å²) in [5.74, 6) is 0.490. The number of rotatable bonds is 6. The molecule has 2 aromatic rings. The molecule has 0 bridgehead atoms. The van der Waals surface area contributed by atoms with Crippen LogP contribution in [0.15, 0.2) is 36.5 Å². The third-order valence-corrected chi connectivity index (χ3v) is 4.89. The van der Waals surface area contributed by atoms with Crippen molar-refractivity contribution in [1.82, 2.24) is 19.4 Å². The molecular formula is C17H22N4O4S. The maximum Gasteiger partial charge on any atom is 0.260 e. The van der Waals surface area contributed by atoms with Crippen molar-refractivity contribution in [3.05, 3.63) is 47.8 Å². The smallest absolute Gasteiger partial charge is 0.260 e. The maximum absolute atomic E-state index is 12.5. The summed E-state index contributed by atoms with van der Waals surface area (Å²) < 4.78 is 32.6. The van der Waals surface area contributed by atoms with Gasteiger partial charge in [-0.15, -0.1) is 0 Å². The Morgan fingerprint density at radius 1 is 1.31 bits per heavy atom. The highest BCUT2D eigenvalue weighted by Gasteiger charge is 2.29. The first kappa shape index (κ1) is 18.4. The highest BCUT2D eigenvalue weighted by atomic mass is 32.2. The lowest BCUT2D eigenvalue weighted by molar-refractivity contribution is -0.135. The molecule has 3 rings (SSSR count). The molecule has 1 aromatic carbocycles. The molecule has 1 aliphatic rings. The number of ether oxygens (including phenoxy) is 1. The molecule has 1 atom stereocenters. The second-order valence-electron chi connectivity index (χ2n) is 6.42. The third kappa shape index (κ3) is 4.61. The molecule has 2 heterocycles. The van der Waals surface area contributed by atoms with E-state index < -0.39 is 10.0 Å². The summed E-state index contributed by atoms with van der Waals surface area (Å²) >= 11 is 0. The number of hydrogen-bond acceptors (Lipinski definition) is 5. The van der Waals surface area contributed by atoms with E-state index >= 15 is 0 Å². The van der Waals surface area contributed by atoms with Gasteiger partial charge in [0, 0.05) is 19.3 Å². The largest absolute Gasteiger partial charge is 0.484 e. The quantitative estimate of drug-likeness (QED) is 0.799. The standard InChI is InChI=1S/C17H22N4O4S/c1-13-3-5-16(6-4-13)25-12-17(22)20-10-14-7-8-18-21(14)15(11-20)9-19-26(2,23)24/h3-8,15,19H,9-12H2,1-2H3/t15-/m1/s1. The van der Waals surface area contributed by atoms with Crippen LogP contribution in [0.4, 0.5) is 0 Å². The molecule has 9 heteroatoms. The summed E-state index contributed by atoms with van der Waals surface area (Å²) in [5, 5.41) is 4.25. The fraction of sp³-hybridized carbons (Fsp3) is 0.412. The minimum Gasteiger partial charge on any atom is -0.484 e. The highest BCUT2D eigenvalue weighted by Crippen LogP contribution is 2.20. The number of nitrogens with zero attached hydrogens (tertiary/aromatic N) is 3. The van der Waals surface area contributed by atoms with Gasteiger partial charge in [-0.05, 0) is 25.1 Å². The van der Waals surface area contributed by atoms with Crippen molar-refractivity contribution in [2.45, 2.75) is 19.5 Å². The van der Waals surface area contributed by atoms with Gasteiger partial charge in [-0.25, -0.2) is 13.1 Å². The van der Waals surface area contributed by atoms with Gasteiger partial charge in [0.05, 0.1) is 24.5 Å². The van der Waals surface area contributed by atoms with Crippen molar-refractivity contribution in [1.29, 1.82) is 0 Å². The summed E-state index contributed by atoms with van der Waals surface area (Å²) in [6, 6.07) is 9.07. The number of aromatic nitrogens is 2. The van der Waals surface area contributed by atoms with Crippen LogP contribution in [0.2, 0.25) is 0 Å². The number of hydrogen-bond donors (Lipinski definition) is 1. The number of sulfonamides is 1. The van der Waals surface area contributed by atoms with E-state index in [1.165, 1.54) is 0 Å². The van der Waals surface area contributed by atoms with Crippen LogP contribution in [0, 0.1) is 6.92 Å². The molecule has 26 heavy (non-hydrogen) atoms. The SMILES string of the molecule is Cc1ccc(OCC(=O)N2Cc3ccnn3[C@H](CNS(C)(=O)=O)C2)cc1. The van der Waals surface area contributed by atoms with E-state index in [1.807, 2.05) is 37.3 Å². The predicted molar refractivity (Wildman–Crippen MR) is 96.2 cm³/mol. The Morgan fingerprint density at radius 2 is 2.04 bits per heavy atom.